The zero-order valence-corrected chi connectivity index (χ0v) is 10.0. The van der Waals surface area contributed by atoms with Crippen LogP contribution in [0.3, 0.4) is 0 Å². The number of phenolic OH excluding ortho intramolecular Hbond substituents is 1. The highest BCUT2D eigenvalue weighted by Gasteiger charge is 2.16. The van der Waals surface area contributed by atoms with Crippen molar-refractivity contribution >= 4 is 5.97 Å². The van der Waals surface area contributed by atoms with Crippen molar-refractivity contribution in [3.63, 3.8) is 0 Å². The first-order valence-corrected chi connectivity index (χ1v) is 5.59. The predicted octanol–water partition coefficient (Wildman–Crippen LogP) is 2.83. The topological polar surface area (TPSA) is 46.5 Å². The van der Waals surface area contributed by atoms with Gasteiger partial charge in [0, 0.05) is 0 Å². The van der Waals surface area contributed by atoms with Gasteiger partial charge in [-0.05, 0) is 43.5 Å². The SMILES string of the molecule is CCCc1cc(O)cc(C)c1C(=O)OCC. The zero-order chi connectivity index (χ0) is 12.1. The Balaban J connectivity index is 3.18. The third kappa shape index (κ3) is 2.75. The van der Waals surface area contributed by atoms with Gasteiger partial charge in [-0.25, -0.2) is 4.79 Å². The summed E-state index contributed by atoms with van der Waals surface area (Å²) in [5.74, 6) is -0.0996. The van der Waals surface area contributed by atoms with E-state index in [2.05, 4.69) is 0 Å². The van der Waals surface area contributed by atoms with Gasteiger partial charge < -0.3 is 9.84 Å². The summed E-state index contributed by atoms with van der Waals surface area (Å²) in [4.78, 5) is 11.8. The maximum absolute atomic E-state index is 11.8. The summed E-state index contributed by atoms with van der Waals surface area (Å²) in [5, 5.41) is 9.50. The van der Waals surface area contributed by atoms with Crippen LogP contribution in [0.25, 0.3) is 0 Å². The van der Waals surface area contributed by atoms with Crippen LogP contribution in [0.4, 0.5) is 0 Å². The first-order valence-electron chi connectivity index (χ1n) is 5.59. The van der Waals surface area contributed by atoms with E-state index in [9.17, 15) is 9.90 Å². The highest BCUT2D eigenvalue weighted by molar-refractivity contribution is 5.93. The second kappa shape index (κ2) is 5.54. The van der Waals surface area contributed by atoms with Crippen molar-refractivity contribution in [3.05, 3.63) is 28.8 Å². The number of phenols is 1. The van der Waals surface area contributed by atoms with Gasteiger partial charge in [-0.3, -0.25) is 0 Å². The Morgan fingerprint density at radius 1 is 1.38 bits per heavy atom. The molecule has 88 valence electrons. The lowest BCUT2D eigenvalue weighted by Crippen LogP contribution is -2.10. The van der Waals surface area contributed by atoms with Crippen molar-refractivity contribution in [2.45, 2.75) is 33.6 Å². The molecule has 1 aromatic rings. The first-order chi connectivity index (χ1) is 7.60. The number of carbonyl (C=O) groups is 1. The van der Waals surface area contributed by atoms with Crippen LogP contribution in [-0.4, -0.2) is 17.7 Å². The molecule has 16 heavy (non-hydrogen) atoms. The van der Waals surface area contributed by atoms with Crippen LogP contribution in [-0.2, 0) is 11.2 Å². The highest BCUT2D eigenvalue weighted by atomic mass is 16.5. The number of benzene rings is 1. The molecule has 0 saturated carbocycles. The van der Waals surface area contributed by atoms with Crippen molar-refractivity contribution in [1.29, 1.82) is 0 Å². The van der Waals surface area contributed by atoms with E-state index in [1.807, 2.05) is 13.8 Å². The summed E-state index contributed by atoms with van der Waals surface area (Å²) in [6, 6.07) is 3.23. The Morgan fingerprint density at radius 3 is 2.62 bits per heavy atom. The standard InChI is InChI=1S/C13H18O3/c1-4-6-10-8-11(14)7-9(3)12(10)13(15)16-5-2/h7-8,14H,4-6H2,1-3H3. The van der Waals surface area contributed by atoms with Crippen LogP contribution >= 0.6 is 0 Å². The molecule has 0 aliphatic heterocycles. The molecule has 0 radical (unpaired) electrons. The van der Waals surface area contributed by atoms with Gasteiger partial charge in [0.25, 0.3) is 0 Å². The summed E-state index contributed by atoms with van der Waals surface area (Å²) >= 11 is 0. The van der Waals surface area contributed by atoms with Crippen molar-refractivity contribution in [1.82, 2.24) is 0 Å². The monoisotopic (exact) mass is 222 g/mol. The summed E-state index contributed by atoms with van der Waals surface area (Å²) in [6.45, 7) is 6.00. The lowest BCUT2D eigenvalue weighted by atomic mass is 9.98. The average molecular weight is 222 g/mol. The Morgan fingerprint density at radius 2 is 2.06 bits per heavy atom. The average Bonchev–Trinajstić information content (AvgIpc) is 2.17. The fraction of sp³-hybridized carbons (Fsp3) is 0.462. The van der Waals surface area contributed by atoms with Gasteiger partial charge in [0.2, 0.25) is 0 Å². The molecule has 0 bridgehead atoms. The van der Waals surface area contributed by atoms with Crippen LogP contribution in [0, 0.1) is 6.92 Å². The normalized spacial score (nSPS) is 10.2. The minimum absolute atomic E-state index is 0.203. The third-order valence-electron chi connectivity index (χ3n) is 2.40. The summed E-state index contributed by atoms with van der Waals surface area (Å²) < 4.78 is 5.02. The molecule has 0 aliphatic carbocycles. The van der Waals surface area contributed by atoms with Gasteiger partial charge in [-0.2, -0.15) is 0 Å². The molecule has 0 heterocycles. The van der Waals surface area contributed by atoms with Gasteiger partial charge in [0.05, 0.1) is 12.2 Å². The number of aryl methyl sites for hydroxylation is 2. The second-order valence-electron chi connectivity index (χ2n) is 3.77. The van der Waals surface area contributed by atoms with Crippen LogP contribution in [0.15, 0.2) is 12.1 Å². The molecule has 0 fully saturated rings. The molecule has 0 unspecified atom stereocenters. The van der Waals surface area contributed by atoms with Gasteiger partial charge in [0.1, 0.15) is 5.75 Å². The maximum atomic E-state index is 11.8. The second-order valence-corrected chi connectivity index (χ2v) is 3.77. The number of hydrogen-bond donors (Lipinski definition) is 1. The van der Waals surface area contributed by atoms with Crippen molar-refractivity contribution in [3.8, 4) is 5.75 Å². The van der Waals surface area contributed by atoms with Gasteiger partial charge in [0.15, 0.2) is 0 Å². The highest BCUT2D eigenvalue weighted by Crippen LogP contribution is 2.23. The number of carbonyl (C=O) groups excluding carboxylic acids is 1. The van der Waals surface area contributed by atoms with E-state index >= 15 is 0 Å². The van der Waals surface area contributed by atoms with Crippen LogP contribution < -0.4 is 0 Å². The fourth-order valence-corrected chi connectivity index (χ4v) is 1.80. The van der Waals surface area contributed by atoms with E-state index < -0.39 is 0 Å². The number of rotatable bonds is 4. The number of hydrogen-bond acceptors (Lipinski definition) is 3. The molecule has 3 heteroatoms. The molecule has 0 aliphatic rings. The van der Waals surface area contributed by atoms with E-state index in [0.717, 1.165) is 24.0 Å². The molecule has 0 saturated heterocycles. The van der Waals surface area contributed by atoms with E-state index in [-0.39, 0.29) is 11.7 Å². The lowest BCUT2D eigenvalue weighted by Gasteiger charge is -2.11. The van der Waals surface area contributed by atoms with E-state index in [4.69, 9.17) is 4.74 Å². The van der Waals surface area contributed by atoms with Crippen molar-refractivity contribution in [2.75, 3.05) is 6.61 Å². The molecule has 0 spiro atoms. The Bertz CT molecular complexity index is 383. The Labute approximate surface area is 96.1 Å². The molecule has 0 atom stereocenters. The molecule has 3 nitrogen and oxygen atoms in total. The number of ether oxygens (including phenoxy) is 1. The van der Waals surface area contributed by atoms with Gasteiger partial charge in [-0.1, -0.05) is 13.3 Å². The molecule has 1 N–H and O–H groups in total. The quantitative estimate of drug-likeness (QED) is 0.797. The molecule has 0 aromatic heterocycles. The smallest absolute Gasteiger partial charge is 0.338 e. The molecular weight excluding hydrogens is 204 g/mol. The Kier molecular flexibility index (Phi) is 4.35. The minimum Gasteiger partial charge on any atom is -0.508 e. The van der Waals surface area contributed by atoms with E-state index in [1.54, 1.807) is 19.1 Å². The fourth-order valence-electron chi connectivity index (χ4n) is 1.80. The van der Waals surface area contributed by atoms with Crippen molar-refractivity contribution in [2.24, 2.45) is 0 Å². The summed E-state index contributed by atoms with van der Waals surface area (Å²) in [6.07, 6.45) is 1.69. The van der Waals surface area contributed by atoms with Crippen LogP contribution in [0.1, 0.15) is 41.8 Å². The molecule has 1 aromatic carbocycles. The van der Waals surface area contributed by atoms with Crippen LogP contribution in [0.2, 0.25) is 0 Å². The summed E-state index contributed by atoms with van der Waals surface area (Å²) in [7, 11) is 0. The Hall–Kier alpha value is -1.51. The van der Waals surface area contributed by atoms with Gasteiger partial charge in [-0.15, -0.1) is 0 Å². The number of aromatic hydroxyl groups is 1. The predicted molar refractivity (Wildman–Crippen MR) is 62.8 cm³/mol. The lowest BCUT2D eigenvalue weighted by molar-refractivity contribution is 0.0524. The molecular formula is C13H18O3. The number of esters is 1. The zero-order valence-electron chi connectivity index (χ0n) is 10.0. The van der Waals surface area contributed by atoms with E-state index in [0.29, 0.717) is 12.2 Å². The third-order valence-corrected chi connectivity index (χ3v) is 2.40. The van der Waals surface area contributed by atoms with Gasteiger partial charge >= 0.3 is 5.97 Å². The maximum Gasteiger partial charge on any atom is 0.338 e. The van der Waals surface area contributed by atoms with Crippen LogP contribution in [0.5, 0.6) is 5.75 Å². The molecule has 0 amide bonds. The largest absolute Gasteiger partial charge is 0.508 e. The van der Waals surface area contributed by atoms with E-state index in [1.165, 1.54) is 0 Å². The van der Waals surface area contributed by atoms with Crippen molar-refractivity contribution < 1.29 is 14.6 Å². The summed E-state index contributed by atoms with van der Waals surface area (Å²) in [5.41, 5.74) is 2.22. The minimum atomic E-state index is -0.302. The first kappa shape index (κ1) is 12.6. The molecule has 1 rings (SSSR count).